The Hall–Kier alpha value is -3.02. The van der Waals surface area contributed by atoms with Crippen molar-refractivity contribution in [2.24, 2.45) is 11.8 Å². The van der Waals surface area contributed by atoms with E-state index in [-0.39, 0.29) is 48.2 Å². The number of rotatable bonds is 15. The maximum absolute atomic E-state index is 14.8. The van der Waals surface area contributed by atoms with Crippen LogP contribution in [-0.2, 0) is 28.7 Å². The van der Waals surface area contributed by atoms with Gasteiger partial charge in [0.2, 0.25) is 17.7 Å². The highest BCUT2D eigenvalue weighted by Crippen LogP contribution is 2.61. The number of amides is 3. The van der Waals surface area contributed by atoms with Gasteiger partial charge in [-0.25, -0.2) is 0 Å². The van der Waals surface area contributed by atoms with Crippen molar-refractivity contribution in [3.63, 3.8) is 0 Å². The smallest absolute Gasteiger partial charge is 0.313 e. The second-order valence-corrected chi connectivity index (χ2v) is 14.4. The number of carbonyl (C=O) groups is 4. The normalized spacial score (nSPS) is 29.6. The van der Waals surface area contributed by atoms with Gasteiger partial charge >= 0.3 is 5.97 Å². The fourth-order valence-electron chi connectivity index (χ4n) is 8.17. The summed E-state index contributed by atoms with van der Waals surface area (Å²) in [7, 11) is 0. The molecule has 10 nitrogen and oxygen atoms in total. The van der Waals surface area contributed by atoms with E-state index >= 15 is 0 Å². The Labute approximate surface area is 286 Å². The van der Waals surface area contributed by atoms with E-state index in [4.69, 9.17) is 9.47 Å². The number of aliphatic hydroxyl groups excluding tert-OH is 1. The number of likely N-dealkylation sites (tertiary alicyclic amines) is 1. The van der Waals surface area contributed by atoms with Crippen molar-refractivity contribution in [2.75, 3.05) is 19.7 Å². The summed E-state index contributed by atoms with van der Waals surface area (Å²) in [6, 6.07) is 7.55. The predicted octanol–water partition coefficient (Wildman–Crippen LogP) is 4.22. The van der Waals surface area contributed by atoms with Crippen molar-refractivity contribution < 1.29 is 33.8 Å². The van der Waals surface area contributed by atoms with Gasteiger partial charge in [-0.2, -0.15) is 0 Å². The lowest BCUT2D eigenvalue weighted by atomic mass is 9.70. The number of aliphatic hydroxyl groups is 1. The number of benzene rings is 1. The SMILES string of the molecule is C=CCCC(=O)NC[C@H](OC(=O)[C@H]1[C@@H]2O[C@@]3(CC2Br)[C@@H]1C(=O)N([C@@H](CC)CO)[C@@H]3C(=O)N(CC=C)C1CCCCC1)c1ccccc1. The van der Waals surface area contributed by atoms with Crippen LogP contribution in [0.4, 0.5) is 0 Å². The molecule has 3 aliphatic heterocycles. The van der Waals surface area contributed by atoms with E-state index in [0.717, 1.165) is 32.1 Å². The highest BCUT2D eigenvalue weighted by Gasteiger charge is 2.77. The summed E-state index contributed by atoms with van der Waals surface area (Å²) < 4.78 is 12.9. The number of carbonyl (C=O) groups excluding carboxylic acids is 4. The minimum absolute atomic E-state index is 0.0170. The van der Waals surface area contributed by atoms with Crippen LogP contribution in [0.15, 0.2) is 55.6 Å². The first kappa shape index (κ1) is 35.3. The average Bonchev–Trinajstić information content (AvgIpc) is 3.69. The van der Waals surface area contributed by atoms with Crippen molar-refractivity contribution in [3.05, 3.63) is 61.2 Å². The Morgan fingerprint density at radius 3 is 2.55 bits per heavy atom. The van der Waals surface area contributed by atoms with Gasteiger partial charge < -0.3 is 29.7 Å². The minimum Gasteiger partial charge on any atom is -0.455 e. The molecule has 1 aromatic rings. The Bertz CT molecular complexity index is 1320. The van der Waals surface area contributed by atoms with Crippen molar-refractivity contribution in [1.82, 2.24) is 15.1 Å². The van der Waals surface area contributed by atoms with Gasteiger partial charge in [-0.15, -0.1) is 13.2 Å². The van der Waals surface area contributed by atoms with Gasteiger partial charge in [0.05, 0.1) is 37.1 Å². The summed E-state index contributed by atoms with van der Waals surface area (Å²) >= 11 is 3.73. The van der Waals surface area contributed by atoms with Gasteiger partial charge in [0.25, 0.3) is 0 Å². The van der Waals surface area contributed by atoms with Gasteiger partial charge in [-0.1, -0.05) is 84.6 Å². The summed E-state index contributed by atoms with van der Waals surface area (Å²) in [5.41, 5.74) is -0.570. The van der Waals surface area contributed by atoms with Crippen molar-refractivity contribution in [1.29, 1.82) is 0 Å². The topological polar surface area (TPSA) is 125 Å². The molecular weight excluding hydrogens is 666 g/mol. The van der Waals surface area contributed by atoms with Gasteiger partial charge in [-0.05, 0) is 37.7 Å². The van der Waals surface area contributed by atoms with E-state index in [2.05, 4.69) is 34.4 Å². The second kappa shape index (κ2) is 15.5. The first-order valence-corrected chi connectivity index (χ1v) is 17.9. The maximum atomic E-state index is 14.8. The van der Waals surface area contributed by atoms with Crippen LogP contribution in [-0.4, -0.2) is 93.0 Å². The molecule has 0 aromatic heterocycles. The first-order chi connectivity index (χ1) is 22.7. The molecule has 256 valence electrons. The van der Waals surface area contributed by atoms with Gasteiger partial charge in [-0.3, -0.25) is 19.2 Å². The Morgan fingerprint density at radius 1 is 1.19 bits per heavy atom. The fraction of sp³-hybridized carbons (Fsp3) is 0.611. The molecule has 2 bridgehead atoms. The molecule has 1 spiro atoms. The number of hydrogen-bond acceptors (Lipinski definition) is 7. The van der Waals surface area contributed by atoms with Gasteiger partial charge in [0.1, 0.15) is 17.7 Å². The molecule has 1 aromatic carbocycles. The zero-order valence-corrected chi connectivity index (χ0v) is 28.8. The van der Waals surface area contributed by atoms with Crippen molar-refractivity contribution in [2.45, 2.75) is 105 Å². The van der Waals surface area contributed by atoms with Crippen LogP contribution in [0.25, 0.3) is 0 Å². The number of hydrogen-bond donors (Lipinski definition) is 2. The molecular formula is C36H48BrN3O7. The zero-order chi connectivity index (χ0) is 33.7. The number of halogens is 1. The first-order valence-electron chi connectivity index (χ1n) is 17.0. The number of fused-ring (bicyclic) bond motifs is 1. The lowest BCUT2D eigenvalue weighted by Gasteiger charge is -2.42. The number of allylic oxidation sites excluding steroid dienone is 1. The Balaban J connectivity index is 1.48. The molecule has 3 amide bonds. The minimum atomic E-state index is -1.27. The fourth-order valence-corrected chi connectivity index (χ4v) is 9.12. The third kappa shape index (κ3) is 6.81. The molecule has 3 saturated heterocycles. The molecule has 1 unspecified atom stereocenters. The third-order valence-corrected chi connectivity index (χ3v) is 11.3. The zero-order valence-electron chi connectivity index (χ0n) is 27.2. The average molecular weight is 715 g/mol. The third-order valence-electron chi connectivity index (χ3n) is 10.4. The van der Waals surface area contributed by atoms with E-state index in [1.165, 1.54) is 4.90 Å². The second-order valence-electron chi connectivity index (χ2n) is 13.2. The van der Waals surface area contributed by atoms with Crippen molar-refractivity contribution in [3.8, 4) is 0 Å². The lowest BCUT2D eigenvalue weighted by molar-refractivity contribution is -0.161. The molecule has 11 heteroatoms. The standard InChI is InChI=1S/C36H48BrN3O7/c1-4-7-18-28(42)38-21-27(23-14-10-8-11-15-23)46-35(45)29-30-33(43)40(24(6-3)22-41)32(36(30)20-26(37)31(29)47-36)34(44)39(19-5-2)25-16-12-9-13-17-25/h4-5,8,10-11,14-15,24-27,29-32,41H,1-2,6-7,9,12-13,16-22H2,3H3,(H,38,42)/t24-,26?,27-,29+,30-,31+,32+,36-/m0/s1. The van der Waals surface area contributed by atoms with E-state index < -0.39 is 47.7 Å². The summed E-state index contributed by atoms with van der Waals surface area (Å²) in [5, 5.41) is 13.3. The molecule has 1 aliphatic carbocycles. The van der Waals surface area contributed by atoms with Crippen LogP contribution < -0.4 is 5.32 Å². The van der Waals surface area contributed by atoms with Crippen LogP contribution in [0.3, 0.4) is 0 Å². The van der Waals surface area contributed by atoms with E-state index in [9.17, 15) is 24.3 Å². The van der Waals surface area contributed by atoms with Crippen molar-refractivity contribution >= 4 is 39.6 Å². The van der Waals surface area contributed by atoms with Crippen LogP contribution in [0, 0.1) is 11.8 Å². The summed E-state index contributed by atoms with van der Waals surface area (Å²) in [4.78, 5) is 59.1. The number of ether oxygens (including phenoxy) is 2. The largest absolute Gasteiger partial charge is 0.455 e. The monoisotopic (exact) mass is 713 g/mol. The van der Waals surface area contributed by atoms with Gasteiger partial charge in [0.15, 0.2) is 0 Å². The van der Waals surface area contributed by atoms with E-state index in [0.29, 0.717) is 31.4 Å². The molecule has 0 radical (unpaired) electrons. The van der Waals surface area contributed by atoms with Crippen LogP contribution in [0.1, 0.15) is 76.4 Å². The Morgan fingerprint density at radius 2 is 1.91 bits per heavy atom. The van der Waals surface area contributed by atoms with E-state index in [1.54, 1.807) is 12.2 Å². The summed E-state index contributed by atoms with van der Waals surface area (Å²) in [6.45, 7) is 9.52. The van der Waals surface area contributed by atoms with Crippen LogP contribution >= 0.6 is 15.9 Å². The molecule has 47 heavy (non-hydrogen) atoms. The lowest BCUT2D eigenvalue weighted by Crippen LogP contribution is -2.60. The number of alkyl halides is 1. The predicted molar refractivity (Wildman–Crippen MR) is 180 cm³/mol. The maximum Gasteiger partial charge on any atom is 0.313 e. The number of nitrogens with one attached hydrogen (secondary N) is 1. The number of esters is 1. The quantitative estimate of drug-likeness (QED) is 0.158. The molecule has 5 rings (SSSR count). The van der Waals surface area contributed by atoms with Gasteiger partial charge in [0, 0.05) is 23.8 Å². The van der Waals surface area contributed by atoms with Crippen LogP contribution in [0.2, 0.25) is 0 Å². The number of nitrogens with zero attached hydrogens (tertiary/aromatic N) is 2. The molecule has 3 heterocycles. The summed E-state index contributed by atoms with van der Waals surface area (Å²) in [5.74, 6) is -3.35. The highest BCUT2D eigenvalue weighted by atomic mass is 79.9. The van der Waals surface area contributed by atoms with Crippen LogP contribution in [0.5, 0.6) is 0 Å². The Kier molecular flexibility index (Phi) is 11.6. The molecule has 1 saturated carbocycles. The van der Waals surface area contributed by atoms with E-state index in [1.807, 2.05) is 42.2 Å². The molecule has 4 aliphatic rings. The highest BCUT2D eigenvalue weighted by molar-refractivity contribution is 9.09. The molecule has 2 N–H and O–H groups in total. The summed E-state index contributed by atoms with van der Waals surface area (Å²) in [6.07, 6.45) is 8.38. The molecule has 8 atom stereocenters. The molecule has 4 fully saturated rings.